The van der Waals surface area contributed by atoms with Crippen molar-refractivity contribution in [3.8, 4) is 0 Å². The van der Waals surface area contributed by atoms with Crippen molar-refractivity contribution in [3.05, 3.63) is 23.9 Å². The third-order valence-corrected chi connectivity index (χ3v) is 2.00. The number of aromatic nitrogens is 1. The fourth-order valence-electron chi connectivity index (χ4n) is 1.18. The van der Waals surface area contributed by atoms with Crippen LogP contribution in [0.3, 0.4) is 0 Å². The van der Waals surface area contributed by atoms with E-state index in [2.05, 4.69) is 35.4 Å². The zero-order chi connectivity index (χ0) is 10.4. The topological polar surface area (TPSA) is 28.2 Å². The molecular weight excluding hydrogens is 174 g/mol. The fourth-order valence-corrected chi connectivity index (χ4v) is 1.18. The third kappa shape index (κ3) is 4.23. The first kappa shape index (κ1) is 11.0. The number of anilines is 1. The second-order valence-electron chi connectivity index (χ2n) is 3.80. The van der Waals surface area contributed by atoms with Gasteiger partial charge in [0, 0.05) is 12.7 Å². The van der Waals surface area contributed by atoms with Crippen molar-refractivity contribution in [3.63, 3.8) is 0 Å². The zero-order valence-electron chi connectivity index (χ0n) is 9.25. The molecule has 0 fully saturated rings. The molecule has 1 N–H and O–H groups in total. The smallest absolute Gasteiger partial charge is 0.125 e. The Bertz CT molecular complexity index is 254. The first-order valence-corrected chi connectivity index (χ1v) is 5.00. The van der Waals surface area contributed by atoms with Crippen LogP contribution in [0.5, 0.6) is 0 Å². The molecule has 1 rings (SSSR count). The second-order valence-corrected chi connectivity index (χ2v) is 3.80. The first-order valence-electron chi connectivity index (χ1n) is 5.00. The van der Waals surface area contributed by atoms with E-state index < -0.39 is 0 Å². The summed E-state index contributed by atoms with van der Waals surface area (Å²) in [5.74, 6) is 0.967. The Morgan fingerprint density at radius 2 is 2.14 bits per heavy atom. The van der Waals surface area contributed by atoms with Crippen LogP contribution in [-0.4, -0.2) is 37.1 Å². The zero-order valence-corrected chi connectivity index (χ0v) is 9.25. The van der Waals surface area contributed by atoms with Gasteiger partial charge < -0.3 is 10.2 Å². The summed E-state index contributed by atoms with van der Waals surface area (Å²) in [6, 6.07) is 4.09. The van der Waals surface area contributed by atoms with Crippen LogP contribution < -0.4 is 5.32 Å². The molecule has 0 atom stereocenters. The molecule has 14 heavy (non-hydrogen) atoms. The summed E-state index contributed by atoms with van der Waals surface area (Å²) in [5, 5.41) is 3.29. The molecule has 0 aromatic carbocycles. The van der Waals surface area contributed by atoms with Crippen molar-refractivity contribution >= 4 is 5.82 Å². The van der Waals surface area contributed by atoms with E-state index in [-0.39, 0.29) is 0 Å². The standard InChI is InChI=1S/C11H19N3/c1-10-5-6-11(13-9-10)12-7-4-8-14(2)3/h5-6,9H,4,7-8H2,1-3H3,(H,12,13). The molecule has 0 spiro atoms. The van der Waals surface area contributed by atoms with E-state index in [1.807, 2.05) is 19.2 Å². The van der Waals surface area contributed by atoms with Gasteiger partial charge in [0.25, 0.3) is 0 Å². The normalized spacial score (nSPS) is 10.6. The minimum atomic E-state index is 0.967. The molecule has 3 heteroatoms. The largest absolute Gasteiger partial charge is 0.370 e. The predicted octanol–water partition coefficient (Wildman–Crippen LogP) is 1.75. The molecule has 0 bridgehead atoms. The molecule has 0 amide bonds. The van der Waals surface area contributed by atoms with E-state index in [1.54, 1.807) is 0 Å². The van der Waals surface area contributed by atoms with Gasteiger partial charge in [-0.1, -0.05) is 6.07 Å². The molecule has 1 aromatic heterocycles. The van der Waals surface area contributed by atoms with Crippen LogP contribution in [0.1, 0.15) is 12.0 Å². The Hall–Kier alpha value is -1.09. The fraction of sp³-hybridized carbons (Fsp3) is 0.545. The van der Waals surface area contributed by atoms with Gasteiger partial charge in [-0.15, -0.1) is 0 Å². The van der Waals surface area contributed by atoms with E-state index >= 15 is 0 Å². The quantitative estimate of drug-likeness (QED) is 0.722. The number of nitrogens with zero attached hydrogens (tertiary/aromatic N) is 2. The Balaban J connectivity index is 2.21. The maximum atomic E-state index is 4.27. The highest BCUT2D eigenvalue weighted by atomic mass is 15.1. The van der Waals surface area contributed by atoms with E-state index in [1.165, 1.54) is 5.56 Å². The lowest BCUT2D eigenvalue weighted by Crippen LogP contribution is -2.16. The van der Waals surface area contributed by atoms with Crippen LogP contribution in [0.15, 0.2) is 18.3 Å². The molecule has 0 aliphatic carbocycles. The summed E-state index contributed by atoms with van der Waals surface area (Å²) in [5.41, 5.74) is 1.20. The SMILES string of the molecule is Cc1ccc(NCCCN(C)C)nc1. The van der Waals surface area contributed by atoms with Gasteiger partial charge in [0.15, 0.2) is 0 Å². The molecule has 0 radical (unpaired) electrons. The molecule has 78 valence electrons. The predicted molar refractivity (Wildman–Crippen MR) is 60.6 cm³/mol. The Labute approximate surface area is 86.2 Å². The van der Waals surface area contributed by atoms with Crippen LogP contribution in [0.25, 0.3) is 0 Å². The molecule has 0 saturated heterocycles. The van der Waals surface area contributed by atoms with Crippen molar-refractivity contribution < 1.29 is 0 Å². The van der Waals surface area contributed by atoms with Gasteiger partial charge >= 0.3 is 0 Å². The lowest BCUT2D eigenvalue weighted by Gasteiger charge is -2.10. The molecular formula is C11H19N3. The van der Waals surface area contributed by atoms with Crippen LogP contribution in [0.2, 0.25) is 0 Å². The summed E-state index contributed by atoms with van der Waals surface area (Å²) in [6.45, 7) is 4.13. The lowest BCUT2D eigenvalue weighted by molar-refractivity contribution is 0.405. The minimum absolute atomic E-state index is 0.967. The number of nitrogens with one attached hydrogen (secondary N) is 1. The third-order valence-electron chi connectivity index (χ3n) is 2.00. The molecule has 3 nitrogen and oxygen atoms in total. The van der Waals surface area contributed by atoms with Crippen LogP contribution in [-0.2, 0) is 0 Å². The van der Waals surface area contributed by atoms with Crippen molar-refractivity contribution in [2.24, 2.45) is 0 Å². The highest BCUT2D eigenvalue weighted by molar-refractivity contribution is 5.34. The summed E-state index contributed by atoms with van der Waals surface area (Å²) in [4.78, 5) is 6.45. The summed E-state index contributed by atoms with van der Waals surface area (Å²) < 4.78 is 0. The van der Waals surface area contributed by atoms with E-state index in [9.17, 15) is 0 Å². The van der Waals surface area contributed by atoms with Crippen LogP contribution >= 0.6 is 0 Å². The summed E-state index contributed by atoms with van der Waals surface area (Å²) >= 11 is 0. The first-order chi connectivity index (χ1) is 6.68. The van der Waals surface area contributed by atoms with Gasteiger partial charge in [0.2, 0.25) is 0 Å². The molecule has 1 heterocycles. The minimum Gasteiger partial charge on any atom is -0.370 e. The summed E-state index contributed by atoms with van der Waals surface area (Å²) in [7, 11) is 4.17. The van der Waals surface area contributed by atoms with Crippen LogP contribution in [0, 0.1) is 6.92 Å². The van der Waals surface area contributed by atoms with Gasteiger partial charge in [0.05, 0.1) is 0 Å². The van der Waals surface area contributed by atoms with Crippen LogP contribution in [0.4, 0.5) is 5.82 Å². The lowest BCUT2D eigenvalue weighted by atomic mass is 10.3. The Morgan fingerprint density at radius 3 is 2.71 bits per heavy atom. The maximum Gasteiger partial charge on any atom is 0.125 e. The number of hydrogen-bond donors (Lipinski definition) is 1. The van der Waals surface area contributed by atoms with Gasteiger partial charge in [-0.05, 0) is 45.6 Å². The maximum absolute atomic E-state index is 4.27. The van der Waals surface area contributed by atoms with Crippen molar-refractivity contribution in [1.82, 2.24) is 9.88 Å². The van der Waals surface area contributed by atoms with Gasteiger partial charge in [-0.2, -0.15) is 0 Å². The van der Waals surface area contributed by atoms with E-state index in [4.69, 9.17) is 0 Å². The Morgan fingerprint density at radius 1 is 1.36 bits per heavy atom. The molecule has 0 saturated carbocycles. The molecule has 0 aliphatic heterocycles. The van der Waals surface area contributed by atoms with Gasteiger partial charge in [0.1, 0.15) is 5.82 Å². The van der Waals surface area contributed by atoms with Gasteiger partial charge in [-0.25, -0.2) is 4.98 Å². The number of hydrogen-bond acceptors (Lipinski definition) is 3. The number of rotatable bonds is 5. The Kier molecular flexibility index (Phi) is 4.40. The average Bonchev–Trinajstić information content (AvgIpc) is 2.15. The van der Waals surface area contributed by atoms with E-state index in [0.717, 1.165) is 25.3 Å². The summed E-state index contributed by atoms with van der Waals surface area (Å²) in [6.07, 6.45) is 3.02. The van der Waals surface area contributed by atoms with Crippen molar-refractivity contribution in [2.45, 2.75) is 13.3 Å². The highest BCUT2D eigenvalue weighted by Crippen LogP contribution is 2.03. The van der Waals surface area contributed by atoms with E-state index in [0.29, 0.717) is 0 Å². The average molecular weight is 193 g/mol. The number of aryl methyl sites for hydroxylation is 1. The van der Waals surface area contributed by atoms with Crippen molar-refractivity contribution in [1.29, 1.82) is 0 Å². The van der Waals surface area contributed by atoms with Gasteiger partial charge in [-0.3, -0.25) is 0 Å². The van der Waals surface area contributed by atoms with Crippen molar-refractivity contribution in [2.75, 3.05) is 32.5 Å². The highest BCUT2D eigenvalue weighted by Gasteiger charge is 1.93. The molecule has 0 aliphatic rings. The monoisotopic (exact) mass is 193 g/mol. The molecule has 1 aromatic rings. The molecule has 0 unspecified atom stereocenters. The second kappa shape index (κ2) is 5.60. The number of pyridine rings is 1.